The van der Waals surface area contributed by atoms with Gasteiger partial charge < -0.3 is 4.90 Å². The molecular weight excluding hydrogens is 278 g/mol. The van der Waals surface area contributed by atoms with Crippen LogP contribution in [0.1, 0.15) is 18.9 Å². The zero-order chi connectivity index (χ0) is 13.4. The van der Waals surface area contributed by atoms with Crippen molar-refractivity contribution < 1.29 is 4.79 Å². The zero-order valence-corrected chi connectivity index (χ0v) is 12.1. The number of carbonyl (C=O) groups excluding carboxylic acids is 1. The van der Waals surface area contributed by atoms with Gasteiger partial charge in [-0.1, -0.05) is 17.7 Å². The number of hydrogen-bond acceptors (Lipinski definition) is 2. The highest BCUT2D eigenvalue weighted by Crippen LogP contribution is 2.36. The van der Waals surface area contributed by atoms with Crippen molar-refractivity contribution in [3.05, 3.63) is 46.8 Å². The van der Waals surface area contributed by atoms with E-state index in [1.807, 2.05) is 24.7 Å². The van der Waals surface area contributed by atoms with Crippen molar-refractivity contribution in [2.24, 2.45) is 0 Å². The Labute approximate surface area is 121 Å². The molecule has 19 heavy (non-hydrogen) atoms. The molecular formula is C15H13ClNOS. The van der Waals surface area contributed by atoms with Gasteiger partial charge in [0.25, 0.3) is 0 Å². The lowest BCUT2D eigenvalue weighted by Gasteiger charge is -2.28. The Balaban J connectivity index is 2.02. The number of benzene rings is 1. The number of anilines is 1. The maximum atomic E-state index is 11.6. The largest absolute Gasteiger partial charge is 0.307 e. The van der Waals surface area contributed by atoms with Crippen LogP contribution < -0.4 is 4.90 Å². The topological polar surface area (TPSA) is 20.3 Å². The minimum atomic E-state index is 0.0628. The fraction of sp³-hybridized carbons (Fsp3) is 0.200. The maximum absolute atomic E-state index is 11.6. The lowest BCUT2D eigenvalue weighted by atomic mass is 9.98. The van der Waals surface area contributed by atoms with Crippen molar-refractivity contribution in [3.63, 3.8) is 0 Å². The minimum Gasteiger partial charge on any atom is -0.307 e. The SMILES string of the molecule is CC(=O)N1[CH]CCc2cc(-c3ccc(Cl)s3)ccc21. The first-order chi connectivity index (χ1) is 9.15. The first kappa shape index (κ1) is 12.7. The zero-order valence-electron chi connectivity index (χ0n) is 10.5. The summed E-state index contributed by atoms with van der Waals surface area (Å²) in [5, 5.41) is 0. The third-order valence-electron chi connectivity index (χ3n) is 3.26. The Morgan fingerprint density at radius 3 is 2.84 bits per heavy atom. The van der Waals surface area contributed by atoms with Crippen molar-refractivity contribution in [2.45, 2.75) is 19.8 Å². The van der Waals surface area contributed by atoms with Gasteiger partial charge in [-0.2, -0.15) is 0 Å². The van der Waals surface area contributed by atoms with Crippen LogP contribution in [0.15, 0.2) is 30.3 Å². The van der Waals surface area contributed by atoms with E-state index >= 15 is 0 Å². The molecule has 4 heteroatoms. The number of aryl methyl sites for hydroxylation is 1. The maximum Gasteiger partial charge on any atom is 0.224 e. The van der Waals surface area contributed by atoms with E-state index in [2.05, 4.69) is 12.1 Å². The summed E-state index contributed by atoms with van der Waals surface area (Å²) in [6.45, 7) is 3.56. The van der Waals surface area contributed by atoms with Crippen LogP contribution in [-0.2, 0) is 11.2 Å². The summed E-state index contributed by atoms with van der Waals surface area (Å²) in [4.78, 5) is 14.5. The van der Waals surface area contributed by atoms with Gasteiger partial charge >= 0.3 is 0 Å². The van der Waals surface area contributed by atoms with Gasteiger partial charge in [0.05, 0.1) is 10.9 Å². The molecule has 2 aromatic rings. The molecule has 0 atom stereocenters. The average molecular weight is 291 g/mol. The molecule has 3 rings (SSSR count). The van der Waals surface area contributed by atoms with Crippen LogP contribution in [0.2, 0.25) is 4.34 Å². The number of amides is 1. The Morgan fingerprint density at radius 1 is 1.32 bits per heavy atom. The molecule has 1 aliphatic heterocycles. The summed E-state index contributed by atoms with van der Waals surface area (Å²) in [6, 6.07) is 10.2. The Morgan fingerprint density at radius 2 is 2.16 bits per heavy atom. The van der Waals surface area contributed by atoms with Crippen LogP contribution in [-0.4, -0.2) is 5.91 Å². The van der Waals surface area contributed by atoms with E-state index in [4.69, 9.17) is 11.6 Å². The predicted octanol–water partition coefficient (Wildman–Crippen LogP) is 4.53. The highest BCUT2D eigenvalue weighted by molar-refractivity contribution is 7.19. The van der Waals surface area contributed by atoms with Crippen molar-refractivity contribution >= 4 is 34.5 Å². The average Bonchev–Trinajstić information content (AvgIpc) is 2.84. The van der Waals surface area contributed by atoms with Crippen molar-refractivity contribution in [1.82, 2.24) is 0 Å². The van der Waals surface area contributed by atoms with Gasteiger partial charge in [0.1, 0.15) is 0 Å². The molecule has 0 aliphatic carbocycles. The molecule has 1 radical (unpaired) electrons. The number of hydrogen-bond donors (Lipinski definition) is 0. The first-order valence-electron chi connectivity index (χ1n) is 6.17. The van der Waals surface area contributed by atoms with E-state index in [9.17, 15) is 4.79 Å². The van der Waals surface area contributed by atoms with Gasteiger partial charge in [0.15, 0.2) is 0 Å². The van der Waals surface area contributed by atoms with Crippen molar-refractivity contribution in [2.75, 3.05) is 4.90 Å². The van der Waals surface area contributed by atoms with E-state index in [0.29, 0.717) is 0 Å². The lowest BCUT2D eigenvalue weighted by molar-refractivity contribution is -0.116. The summed E-state index contributed by atoms with van der Waals surface area (Å²) in [5.41, 5.74) is 3.39. The van der Waals surface area contributed by atoms with Crippen molar-refractivity contribution in [3.8, 4) is 10.4 Å². The predicted molar refractivity (Wildman–Crippen MR) is 80.5 cm³/mol. The molecule has 1 amide bonds. The molecule has 0 saturated carbocycles. The number of carbonyl (C=O) groups is 1. The summed E-state index contributed by atoms with van der Waals surface area (Å²) < 4.78 is 0.798. The second-order valence-corrected chi connectivity index (χ2v) is 6.27. The molecule has 1 aromatic carbocycles. The summed E-state index contributed by atoms with van der Waals surface area (Å²) >= 11 is 7.55. The number of rotatable bonds is 1. The number of halogens is 1. The molecule has 0 fully saturated rings. The van der Waals surface area contributed by atoms with Gasteiger partial charge in [-0.15, -0.1) is 11.3 Å². The monoisotopic (exact) mass is 290 g/mol. The number of nitrogens with zero attached hydrogens (tertiary/aromatic N) is 1. The van der Waals surface area contributed by atoms with E-state index < -0.39 is 0 Å². The second-order valence-electron chi connectivity index (χ2n) is 4.56. The molecule has 0 bridgehead atoms. The lowest BCUT2D eigenvalue weighted by Crippen LogP contribution is -2.29. The summed E-state index contributed by atoms with van der Waals surface area (Å²) in [7, 11) is 0. The molecule has 0 saturated heterocycles. The van der Waals surface area contributed by atoms with Gasteiger partial charge in [0.2, 0.25) is 5.91 Å². The molecule has 0 N–H and O–H groups in total. The number of fused-ring (bicyclic) bond motifs is 1. The third-order valence-corrected chi connectivity index (χ3v) is 4.54. The summed E-state index contributed by atoms with van der Waals surface area (Å²) in [5.74, 6) is 0.0628. The molecule has 0 spiro atoms. The molecule has 1 aliphatic rings. The molecule has 0 unspecified atom stereocenters. The van der Waals surface area contributed by atoms with Crippen LogP contribution in [0.5, 0.6) is 0 Å². The van der Waals surface area contributed by atoms with E-state index in [1.165, 1.54) is 11.1 Å². The Kier molecular flexibility index (Phi) is 3.33. The fourth-order valence-corrected chi connectivity index (χ4v) is 3.43. The number of thiophene rings is 1. The first-order valence-corrected chi connectivity index (χ1v) is 7.36. The normalized spacial score (nSPS) is 14.3. The standard InChI is InChI=1S/C15H13ClNOS/c1-10(18)17-8-2-3-11-9-12(4-5-13(11)17)14-6-7-15(16)19-14/h4-9H,2-3H2,1H3. The summed E-state index contributed by atoms with van der Waals surface area (Å²) in [6.07, 6.45) is 1.88. The van der Waals surface area contributed by atoms with Crippen LogP contribution >= 0.6 is 22.9 Å². The van der Waals surface area contributed by atoms with Crippen LogP contribution in [0.25, 0.3) is 10.4 Å². The molecule has 97 valence electrons. The smallest absolute Gasteiger partial charge is 0.224 e. The van der Waals surface area contributed by atoms with Crippen LogP contribution in [0.3, 0.4) is 0 Å². The quantitative estimate of drug-likeness (QED) is 0.755. The van der Waals surface area contributed by atoms with E-state index in [-0.39, 0.29) is 5.91 Å². The van der Waals surface area contributed by atoms with Gasteiger partial charge in [-0.25, -0.2) is 0 Å². The fourth-order valence-electron chi connectivity index (χ4n) is 2.39. The van der Waals surface area contributed by atoms with Gasteiger partial charge in [-0.05, 0) is 48.2 Å². The van der Waals surface area contributed by atoms with Crippen molar-refractivity contribution in [1.29, 1.82) is 0 Å². The molecule has 2 nitrogen and oxygen atoms in total. The Bertz CT molecular complexity index is 635. The minimum absolute atomic E-state index is 0.0628. The third kappa shape index (κ3) is 2.40. The molecule has 2 heterocycles. The van der Waals surface area contributed by atoms with E-state index in [0.717, 1.165) is 27.7 Å². The van der Waals surface area contributed by atoms with Crippen LogP contribution in [0, 0.1) is 6.54 Å². The second kappa shape index (κ2) is 4.99. The van der Waals surface area contributed by atoms with Crippen LogP contribution in [0.4, 0.5) is 5.69 Å². The van der Waals surface area contributed by atoms with Gasteiger partial charge in [0, 0.05) is 17.5 Å². The van der Waals surface area contributed by atoms with E-state index in [1.54, 1.807) is 23.2 Å². The highest BCUT2D eigenvalue weighted by atomic mass is 35.5. The highest BCUT2D eigenvalue weighted by Gasteiger charge is 2.20. The molecule has 1 aromatic heterocycles. The van der Waals surface area contributed by atoms with Gasteiger partial charge in [-0.3, -0.25) is 4.79 Å². The Hall–Kier alpha value is -1.32.